The molecule has 0 saturated carbocycles. The molecule has 2 heterocycles. The summed E-state index contributed by atoms with van der Waals surface area (Å²) in [6.07, 6.45) is 3.14. The Morgan fingerprint density at radius 1 is 1.56 bits per heavy atom. The average molecular weight is 269 g/mol. The number of carbonyl (C=O) groups is 1. The summed E-state index contributed by atoms with van der Waals surface area (Å²) in [5.74, 6) is 1.01. The number of rotatable bonds is 3. The van der Waals surface area contributed by atoms with Crippen LogP contribution in [-0.4, -0.2) is 28.7 Å². The van der Waals surface area contributed by atoms with Crippen LogP contribution < -0.4 is 10.6 Å². The highest BCUT2D eigenvalue weighted by Gasteiger charge is 2.26. The van der Waals surface area contributed by atoms with Crippen molar-refractivity contribution in [1.82, 2.24) is 15.5 Å². The molecule has 1 saturated heterocycles. The van der Waals surface area contributed by atoms with Gasteiger partial charge in [-0.15, -0.1) is 10.2 Å². The van der Waals surface area contributed by atoms with Crippen LogP contribution in [0, 0.1) is 5.92 Å². The molecule has 2 N–H and O–H groups in total. The lowest BCUT2D eigenvalue weighted by molar-refractivity contribution is -0.119. The van der Waals surface area contributed by atoms with Crippen molar-refractivity contribution in [1.29, 1.82) is 0 Å². The lowest BCUT2D eigenvalue weighted by Gasteiger charge is -2.28. The molecule has 1 aliphatic rings. The van der Waals surface area contributed by atoms with Gasteiger partial charge in [-0.1, -0.05) is 24.9 Å². The highest BCUT2D eigenvalue weighted by Crippen LogP contribution is 2.20. The highest BCUT2D eigenvalue weighted by molar-refractivity contribution is 6.29. The predicted octanol–water partition coefficient (Wildman–Crippen LogP) is 1.85. The number of aromatic nitrogens is 2. The number of piperidine rings is 1. The third-order valence-corrected chi connectivity index (χ3v) is 3.49. The number of amides is 1. The first kappa shape index (κ1) is 13.2. The molecule has 0 bridgehead atoms. The Morgan fingerprint density at radius 2 is 2.39 bits per heavy atom. The van der Waals surface area contributed by atoms with Crippen LogP contribution in [0.15, 0.2) is 12.1 Å². The molecule has 1 amide bonds. The molecule has 2 rings (SSSR count). The first-order chi connectivity index (χ1) is 8.69. The second-order valence-electron chi connectivity index (χ2n) is 4.54. The normalized spacial score (nSPS) is 23.7. The van der Waals surface area contributed by atoms with Gasteiger partial charge in [-0.3, -0.25) is 4.79 Å². The van der Waals surface area contributed by atoms with Crippen LogP contribution in [-0.2, 0) is 4.79 Å². The number of halogens is 1. The molecule has 2 atom stereocenters. The standard InChI is InChI=1S/C12H17ClN4O/c1-2-8-5-6-14-9(7-8)12(18)15-11-4-3-10(13)16-17-11/h3-4,8-9,14H,2,5-7H2,1H3,(H,15,17,18). The summed E-state index contributed by atoms with van der Waals surface area (Å²) in [7, 11) is 0. The van der Waals surface area contributed by atoms with Crippen LogP contribution >= 0.6 is 11.6 Å². The summed E-state index contributed by atoms with van der Waals surface area (Å²) in [5, 5.41) is 13.8. The summed E-state index contributed by atoms with van der Waals surface area (Å²) in [6, 6.07) is 3.11. The number of anilines is 1. The van der Waals surface area contributed by atoms with Crippen LogP contribution in [0.2, 0.25) is 5.15 Å². The molecule has 1 aromatic heterocycles. The molecule has 1 fully saturated rings. The molecule has 0 aliphatic carbocycles. The van der Waals surface area contributed by atoms with E-state index in [4.69, 9.17) is 11.6 Å². The monoisotopic (exact) mass is 268 g/mol. The van der Waals surface area contributed by atoms with E-state index in [1.807, 2.05) is 0 Å². The van der Waals surface area contributed by atoms with E-state index in [0.717, 1.165) is 25.8 Å². The van der Waals surface area contributed by atoms with Gasteiger partial charge in [-0.2, -0.15) is 0 Å². The van der Waals surface area contributed by atoms with Crippen molar-refractivity contribution in [3.05, 3.63) is 17.3 Å². The fraction of sp³-hybridized carbons (Fsp3) is 0.583. The van der Waals surface area contributed by atoms with Gasteiger partial charge in [0, 0.05) is 0 Å². The van der Waals surface area contributed by atoms with Crippen molar-refractivity contribution >= 4 is 23.3 Å². The Hall–Kier alpha value is -1.20. The number of hydrogen-bond donors (Lipinski definition) is 2. The van der Waals surface area contributed by atoms with Gasteiger partial charge in [0.2, 0.25) is 5.91 Å². The molecule has 0 aromatic carbocycles. The van der Waals surface area contributed by atoms with E-state index < -0.39 is 0 Å². The van der Waals surface area contributed by atoms with Gasteiger partial charge in [0.15, 0.2) is 11.0 Å². The lowest BCUT2D eigenvalue weighted by Crippen LogP contribution is -2.46. The fourth-order valence-electron chi connectivity index (χ4n) is 2.16. The zero-order valence-corrected chi connectivity index (χ0v) is 11.1. The second kappa shape index (κ2) is 6.11. The van der Waals surface area contributed by atoms with Crippen LogP contribution in [0.3, 0.4) is 0 Å². The van der Waals surface area contributed by atoms with Crippen LogP contribution in [0.5, 0.6) is 0 Å². The lowest BCUT2D eigenvalue weighted by atomic mass is 9.90. The third-order valence-electron chi connectivity index (χ3n) is 3.29. The summed E-state index contributed by atoms with van der Waals surface area (Å²) >= 11 is 5.64. The van der Waals surface area contributed by atoms with E-state index in [9.17, 15) is 4.79 Å². The largest absolute Gasteiger partial charge is 0.308 e. The van der Waals surface area contributed by atoms with E-state index in [2.05, 4.69) is 27.8 Å². The number of hydrogen-bond acceptors (Lipinski definition) is 4. The molecule has 2 unspecified atom stereocenters. The molecule has 1 aromatic rings. The van der Waals surface area contributed by atoms with Crippen molar-refractivity contribution in [3.63, 3.8) is 0 Å². The van der Waals surface area contributed by atoms with Gasteiger partial charge in [-0.25, -0.2) is 0 Å². The minimum absolute atomic E-state index is 0.0511. The number of nitrogens with one attached hydrogen (secondary N) is 2. The maximum atomic E-state index is 12.0. The van der Waals surface area contributed by atoms with Crippen molar-refractivity contribution in [2.45, 2.75) is 32.2 Å². The summed E-state index contributed by atoms with van der Waals surface area (Å²) in [6.45, 7) is 3.05. The molecule has 1 aliphatic heterocycles. The molecular weight excluding hydrogens is 252 g/mol. The Bertz CT molecular complexity index is 409. The maximum Gasteiger partial charge on any atom is 0.242 e. The molecule has 18 heavy (non-hydrogen) atoms. The van der Waals surface area contributed by atoms with Gasteiger partial charge in [0.25, 0.3) is 0 Å². The number of carbonyl (C=O) groups excluding carboxylic acids is 1. The first-order valence-electron chi connectivity index (χ1n) is 6.22. The summed E-state index contributed by atoms with van der Waals surface area (Å²) < 4.78 is 0. The third kappa shape index (κ3) is 3.40. The predicted molar refractivity (Wildman–Crippen MR) is 70.5 cm³/mol. The van der Waals surface area contributed by atoms with Gasteiger partial charge in [0.05, 0.1) is 6.04 Å². The molecule has 98 valence electrons. The zero-order valence-electron chi connectivity index (χ0n) is 10.3. The van der Waals surface area contributed by atoms with Crippen LogP contribution in [0.1, 0.15) is 26.2 Å². The minimum atomic E-state index is -0.138. The van der Waals surface area contributed by atoms with E-state index in [-0.39, 0.29) is 11.9 Å². The van der Waals surface area contributed by atoms with Crippen molar-refractivity contribution < 1.29 is 4.79 Å². The van der Waals surface area contributed by atoms with E-state index in [1.165, 1.54) is 0 Å². The Labute approximate surface area is 111 Å². The van der Waals surface area contributed by atoms with E-state index in [0.29, 0.717) is 16.9 Å². The van der Waals surface area contributed by atoms with Crippen molar-refractivity contribution in [3.8, 4) is 0 Å². The summed E-state index contributed by atoms with van der Waals surface area (Å²) in [4.78, 5) is 12.0. The van der Waals surface area contributed by atoms with E-state index in [1.54, 1.807) is 12.1 Å². The molecule has 0 spiro atoms. The van der Waals surface area contributed by atoms with Gasteiger partial charge < -0.3 is 10.6 Å². The fourth-order valence-corrected chi connectivity index (χ4v) is 2.26. The van der Waals surface area contributed by atoms with Crippen LogP contribution in [0.25, 0.3) is 0 Å². The molecule has 5 nitrogen and oxygen atoms in total. The van der Waals surface area contributed by atoms with Crippen molar-refractivity contribution in [2.24, 2.45) is 5.92 Å². The second-order valence-corrected chi connectivity index (χ2v) is 4.92. The minimum Gasteiger partial charge on any atom is -0.308 e. The highest BCUT2D eigenvalue weighted by atomic mass is 35.5. The Balaban J connectivity index is 1.93. The Morgan fingerprint density at radius 3 is 3.06 bits per heavy atom. The summed E-state index contributed by atoms with van der Waals surface area (Å²) in [5.41, 5.74) is 0. The molecular formula is C12H17ClN4O. The van der Waals surface area contributed by atoms with Crippen molar-refractivity contribution in [2.75, 3.05) is 11.9 Å². The quantitative estimate of drug-likeness (QED) is 0.878. The first-order valence-corrected chi connectivity index (χ1v) is 6.60. The van der Waals surface area contributed by atoms with Gasteiger partial charge in [-0.05, 0) is 37.4 Å². The maximum absolute atomic E-state index is 12.0. The van der Waals surface area contributed by atoms with Gasteiger partial charge in [0.1, 0.15) is 0 Å². The van der Waals surface area contributed by atoms with Gasteiger partial charge >= 0.3 is 0 Å². The molecule has 0 radical (unpaired) electrons. The topological polar surface area (TPSA) is 66.9 Å². The smallest absolute Gasteiger partial charge is 0.242 e. The SMILES string of the molecule is CCC1CCNC(C(=O)Nc2ccc(Cl)nn2)C1. The van der Waals surface area contributed by atoms with Crippen LogP contribution in [0.4, 0.5) is 5.82 Å². The zero-order chi connectivity index (χ0) is 13.0. The Kier molecular flexibility index (Phi) is 4.49. The average Bonchev–Trinajstić information content (AvgIpc) is 2.41. The molecule has 6 heteroatoms. The van der Waals surface area contributed by atoms with E-state index >= 15 is 0 Å². The number of nitrogens with zero attached hydrogens (tertiary/aromatic N) is 2.